The average Bonchev–Trinajstić information content (AvgIpc) is 3.70. The number of hydrogen-bond acceptors (Lipinski definition) is 3. The Morgan fingerprint density at radius 3 is 2.43 bits per heavy atom. The lowest BCUT2D eigenvalue weighted by molar-refractivity contribution is 0.202. The van der Waals surface area contributed by atoms with E-state index in [0.717, 1.165) is 19.3 Å². The summed E-state index contributed by atoms with van der Waals surface area (Å²) >= 11 is 0. The Balaban J connectivity index is 1.23. The van der Waals surface area contributed by atoms with Gasteiger partial charge in [-0.25, -0.2) is 0 Å². The highest BCUT2D eigenvalue weighted by Gasteiger charge is 2.49. The molecule has 4 heteroatoms. The van der Waals surface area contributed by atoms with Crippen LogP contribution in [0.5, 0.6) is 0 Å². The third-order valence-electron chi connectivity index (χ3n) is 11.7. The third-order valence-corrected chi connectivity index (χ3v) is 11.7. The predicted octanol–water partition coefficient (Wildman–Crippen LogP) is 9.66. The van der Waals surface area contributed by atoms with Gasteiger partial charge in [0.25, 0.3) is 0 Å². The Kier molecular flexibility index (Phi) is 6.80. The summed E-state index contributed by atoms with van der Waals surface area (Å²) in [4.78, 5) is 2.80. The maximum Gasteiger partial charge on any atom is 0.105 e. The molecule has 49 heavy (non-hydrogen) atoms. The van der Waals surface area contributed by atoms with Crippen LogP contribution in [0.2, 0.25) is 0 Å². The molecule has 6 atom stereocenters. The number of fused-ring (bicyclic) bond motifs is 8. The maximum absolute atomic E-state index is 4.12. The molecule has 1 aromatic heterocycles. The second-order valence-electron chi connectivity index (χ2n) is 14.5. The molecule has 0 fully saturated rings. The van der Waals surface area contributed by atoms with Gasteiger partial charge in [-0.15, -0.1) is 0 Å². The largest absolute Gasteiger partial charge is 0.366 e. The smallest absolute Gasteiger partial charge is 0.105 e. The molecule has 4 nitrogen and oxygen atoms in total. The van der Waals surface area contributed by atoms with Crippen LogP contribution in [0.4, 0.5) is 0 Å². The van der Waals surface area contributed by atoms with Gasteiger partial charge < -0.3 is 14.8 Å². The quantitative estimate of drug-likeness (QED) is 0.192. The average molecular weight is 639 g/mol. The summed E-state index contributed by atoms with van der Waals surface area (Å²) in [6.07, 6.45) is 21.0. The van der Waals surface area contributed by atoms with Crippen LogP contribution >= 0.6 is 0 Å². The van der Waals surface area contributed by atoms with Gasteiger partial charge in [-0.05, 0) is 65.3 Å². The van der Waals surface area contributed by atoms with E-state index in [2.05, 4.69) is 167 Å². The molecule has 2 N–H and O–H groups in total. The minimum absolute atomic E-state index is 0.00689. The van der Waals surface area contributed by atoms with E-state index in [9.17, 15) is 0 Å². The molecule has 242 valence electrons. The summed E-state index contributed by atoms with van der Waals surface area (Å²) < 4.78 is 2.75. The summed E-state index contributed by atoms with van der Waals surface area (Å²) in [5.74, 6) is 0.983. The topological polar surface area (TPSA) is 32.2 Å². The van der Waals surface area contributed by atoms with Crippen molar-refractivity contribution in [1.29, 1.82) is 0 Å². The Morgan fingerprint density at radius 1 is 0.776 bits per heavy atom. The van der Waals surface area contributed by atoms with Crippen LogP contribution in [0, 0.1) is 11.8 Å². The fourth-order valence-electron chi connectivity index (χ4n) is 9.62. The van der Waals surface area contributed by atoms with Crippen LogP contribution in [0.15, 0.2) is 145 Å². The van der Waals surface area contributed by atoms with Crippen LogP contribution < -0.4 is 10.6 Å². The van der Waals surface area contributed by atoms with E-state index < -0.39 is 0 Å². The molecular formula is C45H42N4. The van der Waals surface area contributed by atoms with Gasteiger partial charge in [-0.1, -0.05) is 140 Å². The Morgan fingerprint density at radius 2 is 1.59 bits per heavy atom. The Bertz CT molecular complexity index is 2230. The number of hydrogen-bond donors (Lipinski definition) is 2. The molecule has 3 heterocycles. The van der Waals surface area contributed by atoms with E-state index in [0.29, 0.717) is 17.9 Å². The predicted molar refractivity (Wildman–Crippen MR) is 202 cm³/mol. The summed E-state index contributed by atoms with van der Waals surface area (Å²) in [6.45, 7) is 2.50. The molecule has 0 saturated carbocycles. The highest BCUT2D eigenvalue weighted by Crippen LogP contribution is 2.55. The SMILES string of the molecule is CC1Cc2c(n(C3C=CC=CC3)c3c2ccc2ccccc23)C2=C1C1CCC=CC1N2C1C=C(c2ccccc2)NC(c2ccccc2)N1. The van der Waals surface area contributed by atoms with E-state index in [1.807, 2.05) is 0 Å². The summed E-state index contributed by atoms with van der Waals surface area (Å²) in [5.41, 5.74) is 11.1. The van der Waals surface area contributed by atoms with E-state index in [1.54, 1.807) is 5.57 Å². The van der Waals surface area contributed by atoms with Crippen LogP contribution in [0.3, 0.4) is 0 Å². The molecule has 5 aliphatic rings. The molecule has 4 aromatic carbocycles. The molecule has 0 spiro atoms. The molecule has 5 aromatic rings. The second-order valence-corrected chi connectivity index (χ2v) is 14.5. The number of aromatic nitrogens is 1. The molecule has 0 amide bonds. The van der Waals surface area contributed by atoms with Crippen molar-refractivity contribution in [3.8, 4) is 0 Å². The first-order valence-electron chi connectivity index (χ1n) is 18.2. The Hall–Kier alpha value is -5.06. The first kappa shape index (κ1) is 28.9. The van der Waals surface area contributed by atoms with Gasteiger partial charge in [-0.2, -0.15) is 0 Å². The van der Waals surface area contributed by atoms with Crippen LogP contribution in [0.25, 0.3) is 33.1 Å². The summed E-state index contributed by atoms with van der Waals surface area (Å²) in [5, 5.41) is 12.1. The molecule has 6 unspecified atom stereocenters. The van der Waals surface area contributed by atoms with Crippen LogP contribution in [-0.4, -0.2) is 21.7 Å². The Labute approximate surface area is 288 Å². The van der Waals surface area contributed by atoms with Crippen molar-refractivity contribution >= 4 is 33.1 Å². The first-order chi connectivity index (χ1) is 24.2. The minimum atomic E-state index is -0.0243. The van der Waals surface area contributed by atoms with Gasteiger partial charge in [0.1, 0.15) is 12.3 Å². The zero-order chi connectivity index (χ0) is 32.5. The standard InChI is InChI=1S/C45H42N4/c1-29-27-37-35-26-25-30-15-11-12-22-34(30)42(35)48(33-20-9-4-10-21-33)43(37)44-41(29)36-23-13-14-24-39(36)49(44)40-28-38(31-16-5-2-6-17-31)46-45(47-40)32-18-7-3-8-19-32/h2-12,14-20,22,24-26,28-29,33,36,39-40,45-47H,13,21,23,27H2,1H3. The number of nitrogens with zero attached hydrogens (tertiary/aromatic N) is 2. The van der Waals surface area contributed by atoms with Gasteiger partial charge in [0.2, 0.25) is 0 Å². The van der Waals surface area contributed by atoms with E-state index in [1.165, 1.54) is 61.9 Å². The molecular weight excluding hydrogens is 597 g/mol. The highest BCUT2D eigenvalue weighted by atomic mass is 15.4. The molecule has 10 rings (SSSR count). The van der Waals surface area contributed by atoms with Crippen molar-refractivity contribution < 1.29 is 0 Å². The zero-order valence-corrected chi connectivity index (χ0v) is 28.0. The maximum atomic E-state index is 4.12. The van der Waals surface area contributed by atoms with E-state index in [-0.39, 0.29) is 18.4 Å². The van der Waals surface area contributed by atoms with Crippen LogP contribution in [-0.2, 0) is 6.42 Å². The number of nitrogens with one attached hydrogen (secondary N) is 2. The van der Waals surface area contributed by atoms with Crippen molar-refractivity contribution in [3.05, 3.63) is 168 Å². The lowest BCUT2D eigenvalue weighted by Crippen LogP contribution is -2.54. The van der Waals surface area contributed by atoms with Gasteiger partial charge >= 0.3 is 0 Å². The molecule has 0 saturated heterocycles. The molecule has 0 radical (unpaired) electrons. The molecule has 2 aliphatic heterocycles. The van der Waals surface area contributed by atoms with Gasteiger partial charge in [0, 0.05) is 22.4 Å². The van der Waals surface area contributed by atoms with Crippen molar-refractivity contribution in [1.82, 2.24) is 20.1 Å². The number of rotatable bonds is 4. The van der Waals surface area contributed by atoms with Gasteiger partial charge in [-0.3, -0.25) is 5.32 Å². The van der Waals surface area contributed by atoms with Gasteiger partial charge in [0.15, 0.2) is 0 Å². The van der Waals surface area contributed by atoms with Crippen molar-refractivity contribution in [2.75, 3.05) is 0 Å². The third kappa shape index (κ3) is 4.54. The minimum Gasteiger partial charge on any atom is -0.366 e. The highest BCUT2D eigenvalue weighted by molar-refractivity contribution is 6.09. The first-order valence-corrected chi connectivity index (χ1v) is 18.2. The van der Waals surface area contributed by atoms with E-state index >= 15 is 0 Å². The second kappa shape index (κ2) is 11.5. The van der Waals surface area contributed by atoms with Gasteiger partial charge in [0.05, 0.1) is 29.0 Å². The lowest BCUT2D eigenvalue weighted by Gasteiger charge is -2.43. The number of allylic oxidation sites excluding steroid dienone is 5. The normalized spacial score (nSPS) is 27.2. The summed E-state index contributed by atoms with van der Waals surface area (Å²) in [7, 11) is 0. The fourth-order valence-corrected chi connectivity index (χ4v) is 9.62. The monoisotopic (exact) mass is 638 g/mol. The van der Waals surface area contributed by atoms with Crippen molar-refractivity contribution in [2.45, 2.75) is 57.0 Å². The summed E-state index contributed by atoms with van der Waals surface area (Å²) in [6, 6.07) is 36.0. The lowest BCUT2D eigenvalue weighted by atomic mass is 9.76. The zero-order valence-electron chi connectivity index (χ0n) is 28.0. The molecule has 0 bridgehead atoms. The van der Waals surface area contributed by atoms with Crippen molar-refractivity contribution in [2.24, 2.45) is 11.8 Å². The van der Waals surface area contributed by atoms with Crippen LogP contribution in [0.1, 0.15) is 60.8 Å². The fraction of sp³-hybridized carbons (Fsp3) is 0.244. The van der Waals surface area contributed by atoms with Crippen molar-refractivity contribution in [3.63, 3.8) is 0 Å². The molecule has 3 aliphatic carbocycles. The number of benzene rings is 4. The van der Waals surface area contributed by atoms with E-state index in [4.69, 9.17) is 0 Å².